The fourth-order valence-electron chi connectivity index (χ4n) is 4.68. The second-order valence-electron chi connectivity index (χ2n) is 8.42. The number of Topliss-reactive ketones (excluding diaryl/α,β-unsaturated/α-hetero) is 1. The van der Waals surface area contributed by atoms with Crippen LogP contribution < -0.4 is 4.74 Å². The van der Waals surface area contributed by atoms with Gasteiger partial charge in [-0.25, -0.2) is 0 Å². The minimum atomic E-state index is -0.804. The Hall–Kier alpha value is -4.26. The number of nitrogens with zero attached hydrogens (tertiary/aromatic N) is 2. The number of carbonyl (C=O) groups is 2. The molecule has 1 unspecified atom stereocenters. The molecule has 2 aromatic carbocycles. The summed E-state index contributed by atoms with van der Waals surface area (Å²) in [7, 11) is 3.41. The van der Waals surface area contributed by atoms with Crippen molar-refractivity contribution in [2.24, 2.45) is 7.05 Å². The largest absolute Gasteiger partial charge is 0.507 e. The van der Waals surface area contributed by atoms with Gasteiger partial charge < -0.3 is 23.7 Å². The predicted molar refractivity (Wildman–Crippen MR) is 127 cm³/mol. The summed E-state index contributed by atoms with van der Waals surface area (Å²) in [6.07, 6.45) is 3.42. The highest BCUT2D eigenvalue weighted by molar-refractivity contribution is 6.46. The van der Waals surface area contributed by atoms with E-state index in [-0.39, 0.29) is 17.9 Å². The van der Waals surface area contributed by atoms with E-state index < -0.39 is 17.7 Å². The normalized spacial score (nSPS) is 17.6. The van der Waals surface area contributed by atoms with E-state index in [1.807, 2.05) is 55.1 Å². The number of fused-ring (bicyclic) bond motifs is 1. The standard InChI is InChI=1S/C27H24N2O5/c1-16-10-11-22(33-3)19(13-16)25(30)23-24(20-15-28(2)21-9-5-4-8-18(20)21)29(27(32)26(23)31)14-17-7-6-12-34-17/h4-13,15,24,30H,14H2,1-3H3/b25-23+. The second-order valence-corrected chi connectivity index (χ2v) is 8.42. The molecule has 1 N–H and O–H groups in total. The Morgan fingerprint density at radius 1 is 1.12 bits per heavy atom. The lowest BCUT2D eigenvalue weighted by atomic mass is 9.94. The highest BCUT2D eigenvalue weighted by Gasteiger charge is 2.47. The Bertz CT molecular complexity index is 1450. The van der Waals surface area contributed by atoms with Crippen molar-refractivity contribution in [3.63, 3.8) is 0 Å². The summed E-state index contributed by atoms with van der Waals surface area (Å²) in [5, 5.41) is 12.4. The number of likely N-dealkylation sites (tertiary alicyclic amines) is 1. The third-order valence-corrected chi connectivity index (χ3v) is 6.28. The Kier molecular flexibility index (Phi) is 5.24. The lowest BCUT2D eigenvalue weighted by molar-refractivity contribution is -0.140. The van der Waals surface area contributed by atoms with Crippen molar-refractivity contribution in [1.29, 1.82) is 0 Å². The van der Waals surface area contributed by atoms with Crippen molar-refractivity contribution >= 4 is 28.4 Å². The summed E-state index contributed by atoms with van der Waals surface area (Å²) in [5.41, 5.74) is 2.97. The molecule has 172 valence electrons. The van der Waals surface area contributed by atoms with Crippen LogP contribution in [0.15, 0.2) is 77.0 Å². The molecule has 1 aliphatic rings. The van der Waals surface area contributed by atoms with Crippen molar-refractivity contribution in [3.8, 4) is 5.75 Å². The van der Waals surface area contributed by atoms with E-state index >= 15 is 0 Å². The van der Waals surface area contributed by atoms with Gasteiger partial charge in [0.05, 0.1) is 37.1 Å². The third-order valence-electron chi connectivity index (χ3n) is 6.28. The fraction of sp³-hybridized carbons (Fsp3) is 0.185. The van der Waals surface area contributed by atoms with Gasteiger partial charge >= 0.3 is 0 Å². The van der Waals surface area contributed by atoms with E-state index in [2.05, 4.69) is 0 Å². The SMILES string of the molecule is COc1ccc(C)cc1/C(O)=C1\C(=O)C(=O)N(Cc2ccco2)C1c1cn(C)c2ccccc12. The van der Waals surface area contributed by atoms with Crippen LogP contribution in [0.3, 0.4) is 0 Å². The van der Waals surface area contributed by atoms with Gasteiger partial charge in [-0.3, -0.25) is 9.59 Å². The first-order valence-electron chi connectivity index (χ1n) is 10.9. The Labute approximate surface area is 196 Å². The monoisotopic (exact) mass is 456 g/mol. The zero-order valence-corrected chi connectivity index (χ0v) is 19.1. The molecule has 0 aliphatic carbocycles. The number of rotatable bonds is 5. The molecule has 3 heterocycles. The zero-order chi connectivity index (χ0) is 24.0. The number of furan rings is 1. The van der Waals surface area contributed by atoms with E-state index in [0.29, 0.717) is 17.1 Å². The molecule has 1 aliphatic heterocycles. The molecule has 1 saturated heterocycles. The fourth-order valence-corrected chi connectivity index (χ4v) is 4.68. The number of benzene rings is 2. The lowest BCUT2D eigenvalue weighted by Gasteiger charge is -2.24. The van der Waals surface area contributed by atoms with Crippen molar-refractivity contribution in [1.82, 2.24) is 9.47 Å². The van der Waals surface area contributed by atoms with E-state index in [9.17, 15) is 14.7 Å². The summed E-state index contributed by atoms with van der Waals surface area (Å²) in [4.78, 5) is 28.1. The van der Waals surface area contributed by atoms with Crippen LogP contribution in [-0.4, -0.2) is 33.4 Å². The first-order valence-corrected chi connectivity index (χ1v) is 10.9. The molecule has 0 saturated carbocycles. The molecule has 1 fully saturated rings. The molecular weight excluding hydrogens is 432 g/mol. The molecule has 2 aromatic heterocycles. The highest BCUT2D eigenvalue weighted by atomic mass is 16.5. The molecule has 0 bridgehead atoms. The number of aryl methyl sites for hydroxylation is 2. The van der Waals surface area contributed by atoms with Gasteiger partial charge in [0, 0.05) is 29.7 Å². The topological polar surface area (TPSA) is 84.9 Å². The Morgan fingerprint density at radius 2 is 1.91 bits per heavy atom. The van der Waals surface area contributed by atoms with Crippen LogP contribution in [0.25, 0.3) is 16.7 Å². The van der Waals surface area contributed by atoms with Crippen molar-refractivity contribution in [2.45, 2.75) is 19.5 Å². The van der Waals surface area contributed by atoms with Gasteiger partial charge in [0.1, 0.15) is 17.3 Å². The molecule has 0 spiro atoms. The van der Waals surface area contributed by atoms with E-state index in [0.717, 1.165) is 22.0 Å². The molecule has 1 amide bonds. The van der Waals surface area contributed by atoms with Crippen LogP contribution in [0.2, 0.25) is 0 Å². The first kappa shape index (κ1) is 21.6. The number of aliphatic hydroxyl groups is 1. The number of hydrogen-bond acceptors (Lipinski definition) is 5. The first-order chi connectivity index (χ1) is 16.4. The Morgan fingerprint density at radius 3 is 2.65 bits per heavy atom. The number of amides is 1. The molecule has 0 radical (unpaired) electrons. The summed E-state index contributed by atoms with van der Waals surface area (Å²) in [6.45, 7) is 1.97. The number of hydrogen-bond donors (Lipinski definition) is 1. The maximum absolute atomic E-state index is 13.4. The number of aliphatic hydroxyl groups excluding tert-OH is 1. The van der Waals surface area contributed by atoms with Crippen molar-refractivity contribution in [3.05, 3.63) is 95.1 Å². The Balaban J connectivity index is 1.77. The van der Waals surface area contributed by atoms with Gasteiger partial charge in [-0.05, 0) is 37.3 Å². The summed E-state index contributed by atoms with van der Waals surface area (Å²) in [6, 6.07) is 15.8. The number of carbonyl (C=O) groups excluding carboxylic acids is 2. The maximum atomic E-state index is 13.4. The molecule has 7 heteroatoms. The molecule has 1 atom stereocenters. The van der Waals surface area contributed by atoms with Gasteiger partial charge in [0.2, 0.25) is 0 Å². The number of ether oxygens (including phenoxy) is 1. The van der Waals surface area contributed by atoms with E-state index in [4.69, 9.17) is 9.15 Å². The molecule has 7 nitrogen and oxygen atoms in total. The van der Waals surface area contributed by atoms with E-state index in [1.54, 1.807) is 24.3 Å². The summed E-state index contributed by atoms with van der Waals surface area (Å²) in [5.74, 6) is -0.746. The van der Waals surface area contributed by atoms with Crippen LogP contribution >= 0.6 is 0 Å². The van der Waals surface area contributed by atoms with Gasteiger partial charge in [0.15, 0.2) is 0 Å². The lowest BCUT2D eigenvalue weighted by Crippen LogP contribution is -2.29. The van der Waals surface area contributed by atoms with Gasteiger partial charge in [-0.2, -0.15) is 0 Å². The predicted octanol–water partition coefficient (Wildman–Crippen LogP) is 4.71. The van der Waals surface area contributed by atoms with Crippen LogP contribution in [0, 0.1) is 6.92 Å². The third kappa shape index (κ3) is 3.37. The minimum Gasteiger partial charge on any atom is -0.507 e. The van der Waals surface area contributed by atoms with Crippen LogP contribution in [-0.2, 0) is 23.2 Å². The number of methoxy groups -OCH3 is 1. The highest BCUT2D eigenvalue weighted by Crippen LogP contribution is 2.44. The van der Waals surface area contributed by atoms with Crippen LogP contribution in [0.4, 0.5) is 0 Å². The average molecular weight is 456 g/mol. The molecule has 5 rings (SSSR count). The molecule has 4 aromatic rings. The molecular formula is C27H24N2O5. The van der Waals surface area contributed by atoms with Crippen molar-refractivity contribution in [2.75, 3.05) is 7.11 Å². The van der Waals surface area contributed by atoms with Gasteiger partial charge in [-0.15, -0.1) is 0 Å². The number of para-hydroxylation sites is 1. The minimum absolute atomic E-state index is 0.0248. The smallest absolute Gasteiger partial charge is 0.296 e. The van der Waals surface area contributed by atoms with Crippen LogP contribution in [0.5, 0.6) is 5.75 Å². The van der Waals surface area contributed by atoms with E-state index in [1.165, 1.54) is 18.3 Å². The summed E-state index contributed by atoms with van der Waals surface area (Å²) >= 11 is 0. The van der Waals surface area contributed by atoms with Crippen LogP contribution in [0.1, 0.15) is 28.5 Å². The van der Waals surface area contributed by atoms with Crippen molar-refractivity contribution < 1.29 is 23.8 Å². The summed E-state index contributed by atoms with van der Waals surface area (Å²) < 4.78 is 12.9. The second kappa shape index (κ2) is 8.26. The quantitative estimate of drug-likeness (QED) is 0.267. The van der Waals surface area contributed by atoms with Gasteiger partial charge in [0.25, 0.3) is 11.7 Å². The molecule has 34 heavy (non-hydrogen) atoms. The van der Waals surface area contributed by atoms with Gasteiger partial charge in [-0.1, -0.05) is 29.8 Å². The number of ketones is 1. The number of aromatic nitrogens is 1. The average Bonchev–Trinajstić information content (AvgIpc) is 3.53. The zero-order valence-electron chi connectivity index (χ0n) is 19.1. The maximum Gasteiger partial charge on any atom is 0.296 e.